The molecule has 0 atom stereocenters. The number of aromatic nitrogens is 1. The second-order valence-electron chi connectivity index (χ2n) is 7.78. The van der Waals surface area contributed by atoms with Crippen LogP contribution in [0, 0.1) is 13.8 Å². The smallest absolute Gasteiger partial charge is 0.224 e. The lowest BCUT2D eigenvalue weighted by Crippen LogP contribution is -2.27. The molecule has 6 heteroatoms. The van der Waals surface area contributed by atoms with Gasteiger partial charge in [0.25, 0.3) is 0 Å². The Morgan fingerprint density at radius 3 is 2.50 bits per heavy atom. The zero-order valence-corrected chi connectivity index (χ0v) is 18.5. The molecule has 0 spiro atoms. The average Bonchev–Trinajstić information content (AvgIpc) is 2.80. The molecule has 3 N–H and O–H groups in total. The number of nitrogens with one attached hydrogen (secondary N) is 1. The van der Waals surface area contributed by atoms with Gasteiger partial charge in [-0.2, -0.15) is 0 Å². The third-order valence-corrected chi connectivity index (χ3v) is 5.45. The van der Waals surface area contributed by atoms with Crippen molar-refractivity contribution >= 4 is 11.6 Å². The van der Waals surface area contributed by atoms with Crippen LogP contribution in [0.5, 0.6) is 0 Å². The standard InChI is InChI=1S/C26H29N3O3/c1-18-16-22(12-13-27-18)23-4-3-5-24(19(23)2)25(29-32)11-10-20-6-8-21(9-7-20)17-26(31)28-14-15-30/h3-9,12-13,16,30,32H,10-11,14-15,17H2,1-2H3,(H,28,31)/b29-25+. The normalized spacial score (nSPS) is 11.4. The Morgan fingerprint density at radius 1 is 1.06 bits per heavy atom. The van der Waals surface area contributed by atoms with Gasteiger partial charge in [-0.15, -0.1) is 0 Å². The van der Waals surface area contributed by atoms with Gasteiger partial charge < -0.3 is 15.6 Å². The van der Waals surface area contributed by atoms with Gasteiger partial charge in [0.05, 0.1) is 18.7 Å². The Balaban J connectivity index is 1.69. The van der Waals surface area contributed by atoms with Crippen LogP contribution in [-0.4, -0.2) is 40.1 Å². The molecule has 0 saturated heterocycles. The molecular formula is C26H29N3O3. The van der Waals surface area contributed by atoms with E-state index in [-0.39, 0.29) is 25.5 Å². The quantitative estimate of drug-likeness (QED) is 0.273. The van der Waals surface area contributed by atoms with E-state index in [9.17, 15) is 10.0 Å². The molecule has 32 heavy (non-hydrogen) atoms. The number of carbonyl (C=O) groups is 1. The highest BCUT2D eigenvalue weighted by molar-refractivity contribution is 6.02. The first-order valence-corrected chi connectivity index (χ1v) is 10.7. The van der Waals surface area contributed by atoms with Crippen LogP contribution in [0.3, 0.4) is 0 Å². The fraction of sp³-hybridized carbons (Fsp3) is 0.269. The van der Waals surface area contributed by atoms with Crippen molar-refractivity contribution in [2.24, 2.45) is 5.16 Å². The minimum absolute atomic E-state index is 0.0655. The maximum atomic E-state index is 11.8. The summed E-state index contributed by atoms with van der Waals surface area (Å²) in [7, 11) is 0. The summed E-state index contributed by atoms with van der Waals surface area (Å²) in [6, 6.07) is 17.9. The van der Waals surface area contributed by atoms with Gasteiger partial charge in [0.15, 0.2) is 0 Å². The van der Waals surface area contributed by atoms with Gasteiger partial charge in [0.1, 0.15) is 0 Å². The van der Waals surface area contributed by atoms with Gasteiger partial charge in [-0.3, -0.25) is 9.78 Å². The van der Waals surface area contributed by atoms with Crippen LogP contribution in [0.2, 0.25) is 0 Å². The van der Waals surface area contributed by atoms with Crippen LogP contribution in [0.1, 0.15) is 34.4 Å². The molecule has 0 aliphatic carbocycles. The van der Waals surface area contributed by atoms with E-state index >= 15 is 0 Å². The lowest BCUT2D eigenvalue weighted by atomic mass is 9.92. The van der Waals surface area contributed by atoms with Gasteiger partial charge >= 0.3 is 0 Å². The summed E-state index contributed by atoms with van der Waals surface area (Å²) in [5.41, 5.74) is 7.79. The first kappa shape index (κ1) is 23.2. The molecule has 0 bridgehead atoms. The van der Waals surface area contributed by atoms with Gasteiger partial charge in [0.2, 0.25) is 5.91 Å². The molecule has 0 fully saturated rings. The Hall–Kier alpha value is -3.51. The molecule has 166 valence electrons. The molecule has 0 aliphatic rings. The van der Waals surface area contributed by atoms with Crippen LogP contribution in [-0.2, 0) is 17.6 Å². The maximum absolute atomic E-state index is 11.8. The Bertz CT molecular complexity index is 1090. The van der Waals surface area contributed by atoms with Gasteiger partial charge in [0, 0.05) is 24.0 Å². The summed E-state index contributed by atoms with van der Waals surface area (Å²) in [4.78, 5) is 16.0. The number of rotatable bonds is 9. The van der Waals surface area contributed by atoms with E-state index in [1.54, 1.807) is 6.20 Å². The number of aliphatic hydroxyl groups is 1. The molecule has 3 aromatic rings. The zero-order chi connectivity index (χ0) is 22.9. The summed E-state index contributed by atoms with van der Waals surface area (Å²) in [5.74, 6) is -0.110. The minimum atomic E-state index is -0.110. The Kier molecular flexibility index (Phi) is 8.11. The predicted molar refractivity (Wildman–Crippen MR) is 126 cm³/mol. The molecule has 6 nitrogen and oxygen atoms in total. The van der Waals surface area contributed by atoms with Crippen LogP contribution in [0.15, 0.2) is 65.9 Å². The molecule has 0 unspecified atom stereocenters. The SMILES string of the molecule is Cc1cc(-c2cccc(/C(CCc3ccc(CC(=O)NCCO)cc3)=N/O)c2C)ccn1. The second kappa shape index (κ2) is 11.2. The number of hydrogen-bond donors (Lipinski definition) is 3. The molecule has 3 rings (SSSR count). The van der Waals surface area contributed by atoms with Crippen molar-refractivity contribution in [1.29, 1.82) is 0 Å². The number of aliphatic hydroxyl groups excluding tert-OH is 1. The number of carbonyl (C=O) groups excluding carboxylic acids is 1. The van der Waals surface area contributed by atoms with Gasteiger partial charge in [-0.1, -0.05) is 47.6 Å². The number of amides is 1. The van der Waals surface area contributed by atoms with Crippen molar-refractivity contribution in [3.05, 3.63) is 88.7 Å². The summed E-state index contributed by atoms with van der Waals surface area (Å²) in [5, 5.41) is 24.8. The fourth-order valence-corrected chi connectivity index (χ4v) is 3.74. The molecular weight excluding hydrogens is 402 g/mol. The highest BCUT2D eigenvalue weighted by Gasteiger charge is 2.13. The third kappa shape index (κ3) is 6.02. The number of hydrogen-bond acceptors (Lipinski definition) is 5. The molecule has 1 aromatic heterocycles. The molecule has 1 amide bonds. The summed E-state index contributed by atoms with van der Waals surface area (Å²) in [6.45, 7) is 4.21. The lowest BCUT2D eigenvalue weighted by molar-refractivity contribution is -0.120. The minimum Gasteiger partial charge on any atom is -0.411 e. The topological polar surface area (TPSA) is 94.8 Å². The predicted octanol–water partition coefficient (Wildman–Crippen LogP) is 3.83. The summed E-state index contributed by atoms with van der Waals surface area (Å²) in [6.07, 6.45) is 3.39. The Labute approximate surface area is 188 Å². The van der Waals surface area contributed by atoms with E-state index in [0.717, 1.165) is 39.1 Å². The molecule has 1 heterocycles. The van der Waals surface area contributed by atoms with Crippen LogP contribution < -0.4 is 5.32 Å². The summed E-state index contributed by atoms with van der Waals surface area (Å²) < 4.78 is 0. The monoisotopic (exact) mass is 431 g/mol. The third-order valence-electron chi connectivity index (χ3n) is 5.45. The van der Waals surface area contributed by atoms with Crippen molar-refractivity contribution in [3.8, 4) is 11.1 Å². The van der Waals surface area contributed by atoms with Crippen LogP contribution in [0.4, 0.5) is 0 Å². The van der Waals surface area contributed by atoms with Crippen molar-refractivity contribution in [2.45, 2.75) is 33.1 Å². The van der Waals surface area contributed by atoms with Crippen LogP contribution >= 0.6 is 0 Å². The van der Waals surface area contributed by atoms with Crippen molar-refractivity contribution in [1.82, 2.24) is 10.3 Å². The van der Waals surface area contributed by atoms with E-state index in [4.69, 9.17) is 5.11 Å². The van der Waals surface area contributed by atoms with E-state index in [0.29, 0.717) is 18.6 Å². The largest absolute Gasteiger partial charge is 0.411 e. The average molecular weight is 432 g/mol. The first-order chi connectivity index (χ1) is 15.5. The van der Waals surface area contributed by atoms with E-state index in [2.05, 4.69) is 21.5 Å². The van der Waals surface area contributed by atoms with Crippen molar-refractivity contribution in [2.75, 3.05) is 13.2 Å². The molecule has 0 aliphatic heterocycles. The van der Waals surface area contributed by atoms with Crippen LogP contribution in [0.25, 0.3) is 11.1 Å². The zero-order valence-electron chi connectivity index (χ0n) is 18.5. The number of benzene rings is 2. The van der Waals surface area contributed by atoms with Gasteiger partial charge in [-0.25, -0.2) is 0 Å². The molecule has 0 radical (unpaired) electrons. The van der Waals surface area contributed by atoms with Crippen molar-refractivity contribution < 1.29 is 15.1 Å². The van der Waals surface area contributed by atoms with Crippen molar-refractivity contribution in [3.63, 3.8) is 0 Å². The highest BCUT2D eigenvalue weighted by Crippen LogP contribution is 2.27. The molecule has 0 saturated carbocycles. The molecule has 2 aromatic carbocycles. The van der Waals surface area contributed by atoms with Gasteiger partial charge in [-0.05, 0) is 66.6 Å². The fourth-order valence-electron chi connectivity index (χ4n) is 3.74. The first-order valence-electron chi connectivity index (χ1n) is 10.7. The van der Waals surface area contributed by atoms with E-state index < -0.39 is 0 Å². The highest BCUT2D eigenvalue weighted by atomic mass is 16.4. The maximum Gasteiger partial charge on any atom is 0.224 e. The summed E-state index contributed by atoms with van der Waals surface area (Å²) >= 11 is 0. The lowest BCUT2D eigenvalue weighted by Gasteiger charge is -2.13. The van der Waals surface area contributed by atoms with E-state index in [1.807, 2.05) is 62.4 Å². The number of aryl methyl sites for hydroxylation is 2. The Morgan fingerprint density at radius 2 is 1.81 bits per heavy atom. The second-order valence-corrected chi connectivity index (χ2v) is 7.78. The number of nitrogens with zero attached hydrogens (tertiary/aromatic N) is 2. The number of pyridine rings is 1. The van der Waals surface area contributed by atoms with E-state index in [1.165, 1.54) is 0 Å². The number of oxime groups is 1.